The zero-order chi connectivity index (χ0) is 17.1. The van der Waals surface area contributed by atoms with E-state index in [1.807, 2.05) is 42.5 Å². The Morgan fingerprint density at radius 1 is 1.17 bits per heavy atom. The van der Waals surface area contributed by atoms with Crippen LogP contribution in [0.5, 0.6) is 0 Å². The van der Waals surface area contributed by atoms with Crippen molar-refractivity contribution in [2.45, 2.75) is 13.3 Å². The average molecular weight is 322 g/mol. The van der Waals surface area contributed by atoms with Crippen LogP contribution in [0.4, 0.5) is 11.4 Å². The number of rotatable bonds is 4. The summed E-state index contributed by atoms with van der Waals surface area (Å²) in [4.78, 5) is 25.1. The molecule has 122 valence electrons. The molecule has 0 spiro atoms. The molecule has 2 aromatic carbocycles. The fourth-order valence-corrected chi connectivity index (χ4v) is 2.42. The molecule has 6 nitrogen and oxygen atoms in total. The third-order valence-corrected chi connectivity index (χ3v) is 3.89. The molecule has 0 unspecified atom stereocenters. The minimum absolute atomic E-state index is 0.0327. The second-order valence-corrected chi connectivity index (χ2v) is 5.64. The second kappa shape index (κ2) is 6.54. The maximum atomic E-state index is 12.2. The molecule has 1 aromatic heterocycles. The highest BCUT2D eigenvalue weighted by Gasteiger charge is 2.08. The Balaban J connectivity index is 1.64. The normalized spacial score (nSPS) is 10.6. The molecule has 0 radical (unpaired) electrons. The molecule has 0 saturated heterocycles. The molecule has 1 heterocycles. The van der Waals surface area contributed by atoms with Gasteiger partial charge < -0.3 is 10.2 Å². The molecule has 0 atom stereocenters. The van der Waals surface area contributed by atoms with E-state index in [0.29, 0.717) is 0 Å². The van der Waals surface area contributed by atoms with Crippen LogP contribution in [0.3, 0.4) is 0 Å². The number of aromatic amines is 1. The number of nitrogens with one attached hydrogen (secondary N) is 2. The van der Waals surface area contributed by atoms with Gasteiger partial charge in [-0.25, -0.2) is 0 Å². The topological polar surface area (TPSA) is 78.1 Å². The van der Waals surface area contributed by atoms with E-state index >= 15 is 0 Å². The number of benzene rings is 2. The first-order valence-electron chi connectivity index (χ1n) is 7.59. The fraction of sp³-hybridized carbons (Fsp3) is 0.167. The molecule has 0 aliphatic carbocycles. The first-order valence-corrected chi connectivity index (χ1v) is 7.59. The zero-order valence-corrected chi connectivity index (χ0v) is 13.5. The van der Waals surface area contributed by atoms with Gasteiger partial charge in [0.15, 0.2) is 0 Å². The molecule has 3 aromatic rings. The van der Waals surface area contributed by atoms with Crippen molar-refractivity contribution in [3.05, 3.63) is 54.2 Å². The van der Waals surface area contributed by atoms with E-state index in [2.05, 4.69) is 15.5 Å². The first-order chi connectivity index (χ1) is 11.5. The number of hydrogen-bond donors (Lipinski definition) is 2. The molecule has 6 heteroatoms. The number of carbonyl (C=O) groups is 2. The molecule has 0 bridgehead atoms. The van der Waals surface area contributed by atoms with Crippen molar-refractivity contribution in [2.75, 3.05) is 17.3 Å². The largest absolute Gasteiger partial charge is 0.326 e. The van der Waals surface area contributed by atoms with Crippen LogP contribution in [0.25, 0.3) is 10.9 Å². The smallest absolute Gasteiger partial charge is 0.228 e. The second-order valence-electron chi connectivity index (χ2n) is 5.64. The Hall–Kier alpha value is -3.15. The lowest BCUT2D eigenvalue weighted by atomic mass is 10.1. The summed E-state index contributed by atoms with van der Waals surface area (Å²) in [6.07, 6.45) is 2.01. The highest BCUT2D eigenvalue weighted by molar-refractivity contribution is 5.95. The highest BCUT2D eigenvalue weighted by atomic mass is 16.2. The number of H-pyrrole nitrogens is 1. The third kappa shape index (κ3) is 3.43. The van der Waals surface area contributed by atoms with E-state index in [4.69, 9.17) is 0 Å². The van der Waals surface area contributed by atoms with Gasteiger partial charge in [0.2, 0.25) is 11.8 Å². The van der Waals surface area contributed by atoms with E-state index in [1.165, 1.54) is 6.92 Å². The molecule has 0 saturated carbocycles. The molecule has 3 rings (SSSR count). The lowest BCUT2D eigenvalue weighted by molar-refractivity contribution is -0.116. The lowest BCUT2D eigenvalue weighted by Gasteiger charge is -2.15. The van der Waals surface area contributed by atoms with Gasteiger partial charge in [0.25, 0.3) is 0 Å². The number of amides is 2. The predicted octanol–water partition coefficient (Wildman–Crippen LogP) is 2.73. The Bertz CT molecular complexity index is 883. The van der Waals surface area contributed by atoms with E-state index in [1.54, 1.807) is 18.1 Å². The van der Waals surface area contributed by atoms with Gasteiger partial charge in [-0.15, -0.1) is 0 Å². The summed E-state index contributed by atoms with van der Waals surface area (Å²) in [5.41, 5.74) is 3.29. The summed E-state index contributed by atoms with van der Waals surface area (Å²) in [6, 6.07) is 13.0. The van der Waals surface area contributed by atoms with Crippen LogP contribution in [0.2, 0.25) is 0 Å². The molecular weight excluding hydrogens is 304 g/mol. The maximum Gasteiger partial charge on any atom is 0.228 e. The van der Waals surface area contributed by atoms with Crippen LogP contribution >= 0.6 is 0 Å². The molecule has 2 amide bonds. The van der Waals surface area contributed by atoms with Gasteiger partial charge in [0.1, 0.15) is 0 Å². The van der Waals surface area contributed by atoms with Crippen LogP contribution in [0.15, 0.2) is 48.7 Å². The number of fused-ring (bicyclic) bond motifs is 1. The fourth-order valence-electron chi connectivity index (χ4n) is 2.42. The van der Waals surface area contributed by atoms with Gasteiger partial charge >= 0.3 is 0 Å². The van der Waals surface area contributed by atoms with Gasteiger partial charge in [0.05, 0.1) is 18.1 Å². The lowest BCUT2D eigenvalue weighted by Crippen LogP contribution is -2.22. The Morgan fingerprint density at radius 2 is 1.92 bits per heavy atom. The zero-order valence-electron chi connectivity index (χ0n) is 13.5. The van der Waals surface area contributed by atoms with Gasteiger partial charge in [-0.2, -0.15) is 5.10 Å². The predicted molar refractivity (Wildman–Crippen MR) is 94.0 cm³/mol. The van der Waals surface area contributed by atoms with Crippen LogP contribution in [-0.4, -0.2) is 29.1 Å². The van der Waals surface area contributed by atoms with Gasteiger partial charge in [-0.1, -0.05) is 12.1 Å². The molecule has 2 N–H and O–H groups in total. The summed E-state index contributed by atoms with van der Waals surface area (Å²) in [6.45, 7) is 1.51. The standard InChI is InChI=1S/C18H18N4O2/c1-12(23)22(2)16-7-3-13(4-8-16)9-18(24)20-15-6-5-14-11-19-21-17(14)10-15/h3-8,10-11H,9H2,1-2H3,(H,19,21)(H,20,24). The van der Waals surface area contributed by atoms with E-state index in [9.17, 15) is 9.59 Å². The molecule has 0 fully saturated rings. The third-order valence-electron chi connectivity index (χ3n) is 3.89. The van der Waals surface area contributed by atoms with Crippen molar-refractivity contribution in [3.8, 4) is 0 Å². The monoisotopic (exact) mass is 322 g/mol. The minimum atomic E-state index is -0.0958. The quantitative estimate of drug-likeness (QED) is 0.775. The van der Waals surface area contributed by atoms with Gasteiger partial charge in [-0.05, 0) is 35.9 Å². The maximum absolute atomic E-state index is 12.2. The Kier molecular flexibility index (Phi) is 4.29. The molecule has 0 aliphatic rings. The Labute approximate surface area is 139 Å². The summed E-state index contributed by atoms with van der Waals surface area (Å²) >= 11 is 0. The molecule has 24 heavy (non-hydrogen) atoms. The van der Waals surface area contributed by atoms with Crippen LogP contribution in [0.1, 0.15) is 12.5 Å². The van der Waals surface area contributed by atoms with Crippen LogP contribution in [-0.2, 0) is 16.0 Å². The van der Waals surface area contributed by atoms with Crippen molar-refractivity contribution in [1.82, 2.24) is 10.2 Å². The van der Waals surface area contributed by atoms with Crippen molar-refractivity contribution < 1.29 is 9.59 Å². The van der Waals surface area contributed by atoms with Crippen molar-refractivity contribution >= 4 is 34.1 Å². The SMILES string of the molecule is CC(=O)N(C)c1ccc(CC(=O)Nc2ccc3cn[nH]c3c2)cc1. The number of aromatic nitrogens is 2. The number of nitrogens with zero attached hydrogens (tertiary/aromatic N) is 2. The Morgan fingerprint density at radius 3 is 2.62 bits per heavy atom. The van der Waals surface area contributed by atoms with Crippen LogP contribution < -0.4 is 10.2 Å². The van der Waals surface area contributed by atoms with Gasteiger partial charge in [0, 0.05) is 30.7 Å². The summed E-state index contributed by atoms with van der Waals surface area (Å²) in [5, 5.41) is 10.7. The number of hydrogen-bond acceptors (Lipinski definition) is 3. The highest BCUT2D eigenvalue weighted by Crippen LogP contribution is 2.18. The summed E-state index contributed by atoms with van der Waals surface area (Å²) < 4.78 is 0. The van der Waals surface area contributed by atoms with E-state index in [-0.39, 0.29) is 18.2 Å². The van der Waals surface area contributed by atoms with Gasteiger partial charge in [-0.3, -0.25) is 14.7 Å². The first kappa shape index (κ1) is 15.7. The average Bonchev–Trinajstić information content (AvgIpc) is 3.02. The van der Waals surface area contributed by atoms with E-state index < -0.39 is 0 Å². The van der Waals surface area contributed by atoms with Crippen molar-refractivity contribution in [1.29, 1.82) is 0 Å². The molecule has 0 aliphatic heterocycles. The number of carbonyl (C=O) groups excluding carboxylic acids is 2. The van der Waals surface area contributed by atoms with Crippen molar-refractivity contribution in [2.24, 2.45) is 0 Å². The summed E-state index contributed by atoms with van der Waals surface area (Å²) in [7, 11) is 1.72. The molecular formula is C18H18N4O2. The summed E-state index contributed by atoms with van der Waals surface area (Å²) in [5.74, 6) is -0.128. The minimum Gasteiger partial charge on any atom is -0.326 e. The van der Waals surface area contributed by atoms with E-state index in [0.717, 1.165) is 27.8 Å². The number of anilines is 2. The van der Waals surface area contributed by atoms with Crippen molar-refractivity contribution in [3.63, 3.8) is 0 Å². The van der Waals surface area contributed by atoms with Crippen LogP contribution in [0, 0.1) is 0 Å².